The Morgan fingerprint density at radius 2 is 1.76 bits per heavy atom. The van der Waals surface area contributed by atoms with Crippen molar-refractivity contribution in [3.63, 3.8) is 0 Å². The van der Waals surface area contributed by atoms with Crippen molar-refractivity contribution >= 4 is 23.2 Å². The van der Waals surface area contributed by atoms with Crippen LogP contribution >= 0.6 is 0 Å². The Kier molecular flexibility index (Phi) is 5.44. The third kappa shape index (κ3) is 4.25. The van der Waals surface area contributed by atoms with Crippen molar-refractivity contribution < 1.29 is 14.0 Å². The highest BCUT2D eigenvalue weighted by molar-refractivity contribution is 6.05. The molecule has 164 valence electrons. The average Bonchev–Trinajstić information content (AvgIpc) is 3.49. The summed E-state index contributed by atoms with van der Waals surface area (Å²) in [5.74, 6) is 0.725. The standard InChI is InChI=1S/C26H22N4O3/c1-17-6-2-3-9-22(17)26-29-28-25(33-26)19-13-11-18(12-14-19)24(32)27-20-7-4-8-21(16-20)30-15-5-10-23(30)31/h2-4,6-9,11-14,16H,5,10,15H2,1H3,(H,27,32). The molecule has 7 heteroatoms. The van der Waals surface area contributed by atoms with Gasteiger partial charge in [0.25, 0.3) is 5.91 Å². The molecule has 0 unspecified atom stereocenters. The first-order valence-corrected chi connectivity index (χ1v) is 10.8. The lowest BCUT2D eigenvalue weighted by Gasteiger charge is -2.16. The number of carbonyl (C=O) groups is 2. The van der Waals surface area contributed by atoms with Crippen LogP contribution < -0.4 is 10.2 Å². The van der Waals surface area contributed by atoms with E-state index < -0.39 is 0 Å². The number of hydrogen-bond acceptors (Lipinski definition) is 5. The maximum absolute atomic E-state index is 12.7. The Morgan fingerprint density at radius 1 is 0.970 bits per heavy atom. The highest BCUT2D eigenvalue weighted by Crippen LogP contribution is 2.27. The van der Waals surface area contributed by atoms with Crippen LogP contribution in [-0.2, 0) is 4.79 Å². The minimum absolute atomic E-state index is 0.112. The fourth-order valence-corrected chi connectivity index (χ4v) is 3.90. The number of benzene rings is 3. The second-order valence-corrected chi connectivity index (χ2v) is 7.96. The van der Waals surface area contributed by atoms with Gasteiger partial charge in [0.05, 0.1) is 0 Å². The SMILES string of the molecule is Cc1ccccc1-c1nnc(-c2ccc(C(=O)Nc3cccc(N4CCCC4=O)c3)cc2)o1. The van der Waals surface area contributed by atoms with Gasteiger partial charge in [0.2, 0.25) is 17.7 Å². The number of aromatic nitrogens is 2. The normalized spacial score (nSPS) is 13.4. The van der Waals surface area contributed by atoms with Gasteiger partial charge in [0.1, 0.15) is 0 Å². The third-order valence-electron chi connectivity index (χ3n) is 5.68. The molecule has 7 nitrogen and oxygen atoms in total. The number of aryl methyl sites for hydroxylation is 1. The molecule has 0 bridgehead atoms. The summed E-state index contributed by atoms with van der Waals surface area (Å²) < 4.78 is 5.85. The quantitative estimate of drug-likeness (QED) is 0.469. The summed E-state index contributed by atoms with van der Waals surface area (Å²) in [5.41, 5.74) is 4.61. The smallest absolute Gasteiger partial charge is 0.255 e. The van der Waals surface area contributed by atoms with Crippen molar-refractivity contribution in [1.82, 2.24) is 10.2 Å². The predicted octanol–water partition coefficient (Wildman–Crippen LogP) is 5.09. The Morgan fingerprint density at radius 3 is 2.52 bits per heavy atom. The van der Waals surface area contributed by atoms with Gasteiger partial charge in [0, 0.05) is 41.0 Å². The molecule has 1 aliphatic heterocycles. The van der Waals surface area contributed by atoms with E-state index in [0.29, 0.717) is 36.0 Å². The molecule has 1 aromatic heterocycles. The zero-order valence-corrected chi connectivity index (χ0v) is 18.1. The summed E-state index contributed by atoms with van der Waals surface area (Å²) in [6, 6.07) is 22.2. The van der Waals surface area contributed by atoms with Crippen LogP contribution in [0.5, 0.6) is 0 Å². The molecular weight excluding hydrogens is 416 g/mol. The summed E-state index contributed by atoms with van der Waals surface area (Å²) in [6.07, 6.45) is 1.42. The molecule has 0 aliphatic carbocycles. The van der Waals surface area contributed by atoms with Crippen molar-refractivity contribution in [3.05, 3.63) is 83.9 Å². The van der Waals surface area contributed by atoms with Crippen molar-refractivity contribution in [2.75, 3.05) is 16.8 Å². The van der Waals surface area contributed by atoms with Gasteiger partial charge in [-0.25, -0.2) is 0 Å². The first-order valence-electron chi connectivity index (χ1n) is 10.8. The maximum atomic E-state index is 12.7. The van der Waals surface area contributed by atoms with E-state index >= 15 is 0 Å². The van der Waals surface area contributed by atoms with Gasteiger partial charge in [0.15, 0.2) is 0 Å². The van der Waals surface area contributed by atoms with Gasteiger partial charge >= 0.3 is 0 Å². The van der Waals surface area contributed by atoms with Crippen molar-refractivity contribution in [2.24, 2.45) is 0 Å². The molecule has 4 aromatic rings. The van der Waals surface area contributed by atoms with Crippen LogP contribution in [0.3, 0.4) is 0 Å². The van der Waals surface area contributed by atoms with Crippen LogP contribution in [0.4, 0.5) is 11.4 Å². The summed E-state index contributed by atoms with van der Waals surface area (Å²) in [4.78, 5) is 26.5. The number of hydrogen-bond donors (Lipinski definition) is 1. The number of nitrogens with zero attached hydrogens (tertiary/aromatic N) is 3. The second kappa shape index (κ2) is 8.70. The van der Waals surface area contributed by atoms with E-state index in [1.54, 1.807) is 29.2 Å². The molecule has 1 aliphatic rings. The van der Waals surface area contributed by atoms with Crippen LogP contribution in [0.25, 0.3) is 22.9 Å². The van der Waals surface area contributed by atoms with Gasteiger partial charge in [-0.3, -0.25) is 9.59 Å². The fourth-order valence-electron chi connectivity index (χ4n) is 3.90. The highest BCUT2D eigenvalue weighted by atomic mass is 16.4. The van der Waals surface area contributed by atoms with E-state index in [1.165, 1.54) is 0 Å². The molecule has 1 fully saturated rings. The van der Waals surface area contributed by atoms with Gasteiger partial charge in [-0.15, -0.1) is 10.2 Å². The van der Waals surface area contributed by atoms with Crippen LogP contribution in [0.1, 0.15) is 28.8 Å². The fraction of sp³-hybridized carbons (Fsp3) is 0.154. The van der Waals surface area contributed by atoms with Crippen molar-refractivity contribution in [2.45, 2.75) is 19.8 Å². The third-order valence-corrected chi connectivity index (χ3v) is 5.68. The van der Waals surface area contributed by atoms with E-state index in [9.17, 15) is 9.59 Å². The zero-order chi connectivity index (χ0) is 22.8. The number of amides is 2. The lowest BCUT2D eigenvalue weighted by molar-refractivity contribution is -0.117. The largest absolute Gasteiger partial charge is 0.416 e. The van der Waals surface area contributed by atoms with E-state index in [0.717, 1.165) is 28.8 Å². The molecule has 5 rings (SSSR count). The summed E-state index contributed by atoms with van der Waals surface area (Å²) in [5, 5.41) is 11.2. The lowest BCUT2D eigenvalue weighted by Crippen LogP contribution is -2.23. The number of nitrogens with one attached hydrogen (secondary N) is 1. The molecule has 0 saturated carbocycles. The lowest BCUT2D eigenvalue weighted by atomic mass is 10.1. The topological polar surface area (TPSA) is 88.3 Å². The van der Waals surface area contributed by atoms with E-state index in [4.69, 9.17) is 4.42 Å². The van der Waals surface area contributed by atoms with E-state index in [1.807, 2.05) is 55.5 Å². The van der Waals surface area contributed by atoms with Gasteiger partial charge in [-0.1, -0.05) is 24.3 Å². The average molecular weight is 438 g/mol. The highest BCUT2D eigenvalue weighted by Gasteiger charge is 2.22. The van der Waals surface area contributed by atoms with Gasteiger partial charge in [-0.2, -0.15) is 0 Å². The first-order chi connectivity index (χ1) is 16.1. The van der Waals surface area contributed by atoms with Crippen molar-refractivity contribution in [3.8, 4) is 22.9 Å². The van der Waals surface area contributed by atoms with Crippen LogP contribution in [0.15, 0.2) is 77.2 Å². The zero-order valence-electron chi connectivity index (χ0n) is 18.1. The predicted molar refractivity (Wildman–Crippen MR) is 126 cm³/mol. The molecule has 0 spiro atoms. The van der Waals surface area contributed by atoms with Gasteiger partial charge < -0.3 is 14.6 Å². The summed E-state index contributed by atoms with van der Waals surface area (Å²) >= 11 is 0. The summed E-state index contributed by atoms with van der Waals surface area (Å²) in [7, 11) is 0. The Labute approximate surface area is 191 Å². The molecule has 1 N–H and O–H groups in total. The molecule has 2 heterocycles. The van der Waals surface area contributed by atoms with Crippen molar-refractivity contribution in [1.29, 1.82) is 0 Å². The van der Waals surface area contributed by atoms with Gasteiger partial charge in [-0.05, 0) is 67.4 Å². The second-order valence-electron chi connectivity index (χ2n) is 7.96. The molecule has 3 aromatic carbocycles. The Balaban J connectivity index is 1.30. The molecule has 33 heavy (non-hydrogen) atoms. The number of carbonyl (C=O) groups excluding carboxylic acids is 2. The Bertz CT molecular complexity index is 1330. The first kappa shape index (κ1) is 20.6. The maximum Gasteiger partial charge on any atom is 0.255 e. The molecule has 0 radical (unpaired) electrons. The monoisotopic (exact) mass is 438 g/mol. The molecule has 2 amide bonds. The number of anilines is 2. The van der Waals surface area contributed by atoms with Crippen LogP contribution in [0, 0.1) is 6.92 Å². The Hall–Kier alpha value is -4.26. The minimum Gasteiger partial charge on any atom is -0.416 e. The van der Waals surface area contributed by atoms with E-state index in [2.05, 4.69) is 15.5 Å². The van der Waals surface area contributed by atoms with E-state index in [-0.39, 0.29) is 11.8 Å². The summed E-state index contributed by atoms with van der Waals surface area (Å²) in [6.45, 7) is 2.70. The minimum atomic E-state index is -0.238. The van der Waals surface area contributed by atoms with Crippen LogP contribution in [0.2, 0.25) is 0 Å². The number of rotatable bonds is 5. The molecule has 1 saturated heterocycles. The molecular formula is C26H22N4O3. The van der Waals surface area contributed by atoms with Crippen LogP contribution in [-0.4, -0.2) is 28.6 Å². The molecule has 0 atom stereocenters.